The van der Waals surface area contributed by atoms with Crippen LogP contribution in [0.3, 0.4) is 0 Å². The van der Waals surface area contributed by atoms with Gasteiger partial charge in [0.15, 0.2) is 0 Å². The number of hydrogen-bond donors (Lipinski definition) is 1. The van der Waals surface area contributed by atoms with Crippen LogP contribution < -0.4 is 10.1 Å². The Morgan fingerprint density at radius 2 is 1.77 bits per heavy atom. The van der Waals surface area contributed by atoms with E-state index in [0.29, 0.717) is 17.1 Å². The summed E-state index contributed by atoms with van der Waals surface area (Å²) in [7, 11) is 0. The van der Waals surface area contributed by atoms with E-state index in [1.165, 1.54) is 0 Å². The molecule has 1 aromatic heterocycles. The maximum absolute atomic E-state index is 13.1. The molecule has 6 heteroatoms. The smallest absolute Gasteiger partial charge is 0.259 e. The first kappa shape index (κ1) is 20.0. The van der Waals surface area contributed by atoms with Crippen molar-refractivity contribution in [1.82, 2.24) is 5.16 Å². The normalized spacial score (nSPS) is 10.9. The molecule has 0 spiro atoms. The number of carbonyl (C=O) groups excluding carboxylic acids is 1. The lowest BCUT2D eigenvalue weighted by Gasteiger charge is -2.14. The second-order valence-corrected chi connectivity index (χ2v) is 7.85. The van der Waals surface area contributed by atoms with Gasteiger partial charge in [0.1, 0.15) is 18.1 Å². The Bertz CT molecular complexity index is 1180. The van der Waals surface area contributed by atoms with Crippen LogP contribution >= 0.6 is 11.8 Å². The van der Waals surface area contributed by atoms with E-state index in [4.69, 9.17) is 9.26 Å². The molecule has 0 fully saturated rings. The summed E-state index contributed by atoms with van der Waals surface area (Å²) in [5.41, 5.74) is 2.90. The second kappa shape index (κ2) is 8.63. The first-order valence-electron chi connectivity index (χ1n) is 9.58. The third kappa shape index (κ3) is 4.19. The molecule has 30 heavy (non-hydrogen) atoms. The molecule has 1 amide bonds. The number of amides is 1. The van der Waals surface area contributed by atoms with Gasteiger partial charge in [0.05, 0.1) is 16.8 Å². The molecule has 1 heterocycles. The average Bonchev–Trinajstić information content (AvgIpc) is 3.09. The summed E-state index contributed by atoms with van der Waals surface area (Å²) >= 11 is 1.66. The molecular formula is C24H22N2O3S. The zero-order valence-corrected chi connectivity index (χ0v) is 17.9. The molecule has 0 unspecified atom stereocenters. The van der Waals surface area contributed by atoms with Crippen LogP contribution in [0, 0.1) is 13.8 Å². The van der Waals surface area contributed by atoms with Crippen molar-refractivity contribution < 1.29 is 14.1 Å². The summed E-state index contributed by atoms with van der Waals surface area (Å²) in [5.74, 6) is 1.02. The number of fused-ring (bicyclic) bond motifs is 1. The van der Waals surface area contributed by atoms with E-state index in [-0.39, 0.29) is 12.5 Å². The van der Waals surface area contributed by atoms with Crippen LogP contribution in [0.5, 0.6) is 5.75 Å². The van der Waals surface area contributed by atoms with Crippen molar-refractivity contribution in [3.8, 4) is 5.75 Å². The van der Waals surface area contributed by atoms with Gasteiger partial charge < -0.3 is 14.6 Å². The highest BCUT2D eigenvalue weighted by Gasteiger charge is 2.17. The number of nitrogens with one attached hydrogen (secondary N) is 1. The fourth-order valence-corrected chi connectivity index (χ4v) is 3.66. The van der Waals surface area contributed by atoms with Gasteiger partial charge in [-0.3, -0.25) is 4.79 Å². The van der Waals surface area contributed by atoms with Crippen LogP contribution in [0.25, 0.3) is 10.8 Å². The van der Waals surface area contributed by atoms with Crippen molar-refractivity contribution in [3.63, 3.8) is 0 Å². The Morgan fingerprint density at radius 1 is 1.07 bits per heavy atom. The van der Waals surface area contributed by atoms with Crippen LogP contribution in [-0.4, -0.2) is 17.3 Å². The Kier molecular flexibility index (Phi) is 5.77. The van der Waals surface area contributed by atoms with E-state index >= 15 is 0 Å². The van der Waals surface area contributed by atoms with E-state index in [2.05, 4.69) is 10.5 Å². The fourth-order valence-electron chi connectivity index (χ4n) is 3.25. The molecule has 0 atom stereocenters. The molecule has 0 bridgehead atoms. The fraction of sp³-hybridized carbons (Fsp3) is 0.167. The summed E-state index contributed by atoms with van der Waals surface area (Å²) in [6, 6.07) is 19.4. The molecule has 5 nitrogen and oxygen atoms in total. The summed E-state index contributed by atoms with van der Waals surface area (Å²) in [6.07, 6.45) is 2.02. The van der Waals surface area contributed by atoms with E-state index < -0.39 is 0 Å². The Labute approximate surface area is 179 Å². The topological polar surface area (TPSA) is 64.4 Å². The number of anilines is 1. The number of nitrogens with zero attached hydrogens (tertiary/aromatic N) is 1. The Balaban J connectivity index is 1.65. The van der Waals surface area contributed by atoms with Crippen molar-refractivity contribution in [1.29, 1.82) is 0 Å². The van der Waals surface area contributed by atoms with E-state index in [1.54, 1.807) is 11.8 Å². The number of hydrogen-bond acceptors (Lipinski definition) is 5. The van der Waals surface area contributed by atoms with Gasteiger partial charge in [-0.15, -0.1) is 11.8 Å². The third-order valence-electron chi connectivity index (χ3n) is 4.99. The number of thioether (sulfide) groups is 1. The lowest BCUT2D eigenvalue weighted by atomic mass is 10.0. The van der Waals surface area contributed by atoms with Gasteiger partial charge in [0, 0.05) is 10.6 Å². The monoisotopic (exact) mass is 418 g/mol. The molecule has 0 saturated carbocycles. The molecule has 0 radical (unpaired) electrons. The van der Waals surface area contributed by atoms with Crippen LogP contribution in [0.15, 0.2) is 70.1 Å². The number of aryl methyl sites for hydroxylation is 2. The predicted molar refractivity (Wildman–Crippen MR) is 120 cm³/mol. The van der Waals surface area contributed by atoms with Crippen LogP contribution in [0.4, 0.5) is 5.69 Å². The lowest BCUT2D eigenvalue weighted by molar-refractivity contribution is 0.102. The summed E-state index contributed by atoms with van der Waals surface area (Å²) in [6.45, 7) is 4.01. The maximum atomic E-state index is 13.1. The zero-order chi connectivity index (χ0) is 21.1. The minimum absolute atomic E-state index is 0.216. The van der Waals surface area contributed by atoms with Crippen molar-refractivity contribution in [2.75, 3.05) is 11.6 Å². The van der Waals surface area contributed by atoms with Gasteiger partial charge in [-0.2, -0.15) is 0 Å². The van der Waals surface area contributed by atoms with Gasteiger partial charge in [-0.05, 0) is 67.3 Å². The van der Waals surface area contributed by atoms with Gasteiger partial charge in [-0.1, -0.05) is 29.4 Å². The first-order chi connectivity index (χ1) is 14.5. The molecule has 0 saturated heterocycles. The standard InChI is InChI=1S/C24H22N2O3S/c1-15-22(16(2)29-26-15)14-28-23-13-18-7-5-4-6-17(18)12-21(23)24(27)25-19-8-10-20(30-3)11-9-19/h4-13H,14H2,1-3H3,(H,25,27). The van der Waals surface area contributed by atoms with E-state index in [0.717, 1.165) is 32.6 Å². The zero-order valence-electron chi connectivity index (χ0n) is 17.1. The Hall–Kier alpha value is -3.25. The molecule has 0 aliphatic heterocycles. The van der Waals surface area contributed by atoms with E-state index in [9.17, 15) is 4.79 Å². The number of aromatic nitrogens is 1. The summed E-state index contributed by atoms with van der Waals surface area (Å²) in [5, 5.41) is 8.92. The molecule has 0 aliphatic rings. The van der Waals surface area contributed by atoms with Crippen molar-refractivity contribution in [2.24, 2.45) is 0 Å². The Morgan fingerprint density at radius 3 is 2.40 bits per heavy atom. The highest BCUT2D eigenvalue weighted by atomic mass is 32.2. The average molecular weight is 419 g/mol. The minimum Gasteiger partial charge on any atom is -0.488 e. The molecule has 1 N–H and O–H groups in total. The van der Waals surface area contributed by atoms with Gasteiger partial charge in [0.2, 0.25) is 0 Å². The number of ether oxygens (including phenoxy) is 1. The second-order valence-electron chi connectivity index (χ2n) is 6.97. The van der Waals surface area contributed by atoms with Crippen LogP contribution in [-0.2, 0) is 6.61 Å². The largest absolute Gasteiger partial charge is 0.488 e. The van der Waals surface area contributed by atoms with Gasteiger partial charge in [0.25, 0.3) is 5.91 Å². The molecule has 4 aromatic rings. The highest BCUT2D eigenvalue weighted by molar-refractivity contribution is 7.98. The highest BCUT2D eigenvalue weighted by Crippen LogP contribution is 2.29. The van der Waals surface area contributed by atoms with Crippen molar-refractivity contribution >= 4 is 34.1 Å². The molecule has 4 rings (SSSR count). The maximum Gasteiger partial charge on any atom is 0.259 e. The molecule has 152 valence electrons. The van der Waals surface area contributed by atoms with Crippen LogP contribution in [0.1, 0.15) is 27.4 Å². The molecular weight excluding hydrogens is 396 g/mol. The van der Waals surface area contributed by atoms with Gasteiger partial charge in [-0.25, -0.2) is 0 Å². The quantitative estimate of drug-likeness (QED) is 0.389. The van der Waals surface area contributed by atoms with Crippen LogP contribution in [0.2, 0.25) is 0 Å². The third-order valence-corrected chi connectivity index (χ3v) is 5.74. The SMILES string of the molecule is CSc1ccc(NC(=O)c2cc3ccccc3cc2OCc2c(C)noc2C)cc1. The predicted octanol–water partition coefficient (Wildman–Crippen LogP) is 6.00. The van der Waals surface area contributed by atoms with Crippen molar-refractivity contribution in [2.45, 2.75) is 25.3 Å². The molecule has 3 aromatic carbocycles. The molecule has 0 aliphatic carbocycles. The van der Waals surface area contributed by atoms with E-state index in [1.807, 2.05) is 80.8 Å². The van der Waals surface area contributed by atoms with Crippen molar-refractivity contribution in [3.05, 3.63) is 83.2 Å². The lowest BCUT2D eigenvalue weighted by Crippen LogP contribution is -2.14. The number of carbonyl (C=O) groups is 1. The van der Waals surface area contributed by atoms with Gasteiger partial charge >= 0.3 is 0 Å². The first-order valence-corrected chi connectivity index (χ1v) is 10.8. The minimum atomic E-state index is -0.216. The number of benzene rings is 3. The number of rotatable bonds is 6. The summed E-state index contributed by atoms with van der Waals surface area (Å²) < 4.78 is 11.3. The summed E-state index contributed by atoms with van der Waals surface area (Å²) in [4.78, 5) is 14.2.